The fraction of sp³-hybridized carbons (Fsp3) is 0.333. The van der Waals surface area contributed by atoms with Gasteiger partial charge < -0.3 is 15.7 Å². The number of aromatic carboxylic acids is 1. The minimum Gasteiger partial charge on any atom is -0.478 e. The molecule has 1 rings (SSSR count). The van der Waals surface area contributed by atoms with Gasteiger partial charge in [0.05, 0.1) is 12.1 Å². The molecular formula is C12H16N2O3. The molecule has 5 nitrogen and oxygen atoms in total. The van der Waals surface area contributed by atoms with Crippen LogP contribution in [-0.4, -0.2) is 30.1 Å². The molecular weight excluding hydrogens is 220 g/mol. The molecule has 0 aliphatic heterocycles. The summed E-state index contributed by atoms with van der Waals surface area (Å²) in [7, 11) is 0. The molecule has 17 heavy (non-hydrogen) atoms. The normalized spacial score (nSPS) is 9.76. The molecule has 1 aromatic carbocycles. The minimum absolute atomic E-state index is 0.0887. The number of amides is 1. The maximum atomic E-state index is 11.2. The first-order chi connectivity index (χ1) is 8.04. The summed E-state index contributed by atoms with van der Waals surface area (Å²) in [6.07, 6.45) is 0. The molecule has 0 saturated heterocycles. The van der Waals surface area contributed by atoms with E-state index in [0.717, 1.165) is 11.3 Å². The molecule has 0 aliphatic rings. The van der Waals surface area contributed by atoms with Gasteiger partial charge in [0.1, 0.15) is 0 Å². The number of anilines is 1. The number of benzene rings is 1. The molecule has 92 valence electrons. The Balaban J connectivity index is 2.66. The van der Waals surface area contributed by atoms with Crippen LogP contribution in [0, 0.1) is 6.92 Å². The zero-order valence-electron chi connectivity index (χ0n) is 9.91. The number of nitrogens with one attached hydrogen (secondary N) is 2. The van der Waals surface area contributed by atoms with Crippen molar-refractivity contribution in [2.75, 3.05) is 18.4 Å². The fourth-order valence-electron chi connectivity index (χ4n) is 1.43. The van der Waals surface area contributed by atoms with Gasteiger partial charge in [0.15, 0.2) is 0 Å². The molecule has 0 radical (unpaired) electrons. The molecule has 0 atom stereocenters. The summed E-state index contributed by atoms with van der Waals surface area (Å²) < 4.78 is 0. The van der Waals surface area contributed by atoms with Crippen LogP contribution in [0.15, 0.2) is 18.2 Å². The Labute approximate surface area is 99.8 Å². The van der Waals surface area contributed by atoms with Crippen LogP contribution in [0.3, 0.4) is 0 Å². The number of rotatable bonds is 5. The van der Waals surface area contributed by atoms with E-state index in [4.69, 9.17) is 5.11 Å². The van der Waals surface area contributed by atoms with Gasteiger partial charge in [-0.2, -0.15) is 0 Å². The summed E-state index contributed by atoms with van der Waals surface area (Å²) in [4.78, 5) is 22.0. The first kappa shape index (κ1) is 13.0. The minimum atomic E-state index is -0.955. The van der Waals surface area contributed by atoms with Crippen LogP contribution in [0.1, 0.15) is 22.8 Å². The molecule has 5 heteroatoms. The van der Waals surface area contributed by atoms with E-state index in [-0.39, 0.29) is 18.0 Å². The molecule has 0 heterocycles. The number of carboxylic acid groups (broad SMARTS) is 1. The lowest BCUT2D eigenvalue weighted by Gasteiger charge is -2.09. The van der Waals surface area contributed by atoms with Gasteiger partial charge in [-0.1, -0.05) is 0 Å². The van der Waals surface area contributed by atoms with E-state index in [2.05, 4.69) is 10.6 Å². The van der Waals surface area contributed by atoms with E-state index in [0.29, 0.717) is 6.54 Å². The van der Waals surface area contributed by atoms with Crippen molar-refractivity contribution in [1.82, 2.24) is 5.32 Å². The van der Waals surface area contributed by atoms with Gasteiger partial charge in [-0.15, -0.1) is 0 Å². The summed E-state index contributed by atoms with van der Waals surface area (Å²) in [5.41, 5.74) is 1.81. The second-order valence-corrected chi connectivity index (χ2v) is 3.64. The molecule has 0 spiro atoms. The van der Waals surface area contributed by atoms with E-state index >= 15 is 0 Å². The maximum Gasteiger partial charge on any atom is 0.335 e. The van der Waals surface area contributed by atoms with Gasteiger partial charge in [-0.05, 0) is 37.6 Å². The molecule has 1 aromatic rings. The van der Waals surface area contributed by atoms with Crippen LogP contribution < -0.4 is 10.6 Å². The van der Waals surface area contributed by atoms with Crippen molar-refractivity contribution in [3.05, 3.63) is 29.3 Å². The first-order valence-corrected chi connectivity index (χ1v) is 5.39. The lowest BCUT2D eigenvalue weighted by molar-refractivity contribution is -0.119. The van der Waals surface area contributed by atoms with Crippen molar-refractivity contribution < 1.29 is 14.7 Å². The zero-order chi connectivity index (χ0) is 12.8. The van der Waals surface area contributed by atoms with Gasteiger partial charge in [-0.25, -0.2) is 4.79 Å². The van der Waals surface area contributed by atoms with Crippen molar-refractivity contribution in [2.45, 2.75) is 13.8 Å². The highest BCUT2D eigenvalue weighted by atomic mass is 16.4. The van der Waals surface area contributed by atoms with Gasteiger partial charge in [0, 0.05) is 12.2 Å². The largest absolute Gasteiger partial charge is 0.478 e. The van der Waals surface area contributed by atoms with Crippen molar-refractivity contribution >= 4 is 17.6 Å². The Morgan fingerprint density at radius 2 is 2.06 bits per heavy atom. The Kier molecular flexibility index (Phi) is 4.51. The molecule has 0 aromatic heterocycles. The molecule has 0 saturated carbocycles. The topological polar surface area (TPSA) is 78.4 Å². The summed E-state index contributed by atoms with van der Waals surface area (Å²) in [6.45, 7) is 4.43. The molecule has 0 bridgehead atoms. The summed E-state index contributed by atoms with van der Waals surface area (Å²) in [6, 6.07) is 4.75. The molecule has 3 N–H and O–H groups in total. The van der Waals surface area contributed by atoms with E-state index in [1.165, 1.54) is 6.07 Å². The van der Waals surface area contributed by atoms with E-state index < -0.39 is 5.97 Å². The van der Waals surface area contributed by atoms with Crippen molar-refractivity contribution in [3.63, 3.8) is 0 Å². The Morgan fingerprint density at radius 1 is 1.35 bits per heavy atom. The van der Waals surface area contributed by atoms with Crippen LogP contribution in [0.2, 0.25) is 0 Å². The second kappa shape index (κ2) is 5.89. The third-order valence-electron chi connectivity index (χ3n) is 2.29. The van der Waals surface area contributed by atoms with Crippen molar-refractivity contribution in [1.29, 1.82) is 0 Å². The van der Waals surface area contributed by atoms with Crippen LogP contribution in [0.5, 0.6) is 0 Å². The molecule has 1 amide bonds. The van der Waals surface area contributed by atoms with Gasteiger partial charge >= 0.3 is 5.97 Å². The number of carboxylic acids is 1. The van der Waals surface area contributed by atoms with Crippen molar-refractivity contribution in [3.8, 4) is 0 Å². The van der Waals surface area contributed by atoms with Gasteiger partial charge in [0.25, 0.3) is 0 Å². The lowest BCUT2D eigenvalue weighted by atomic mass is 10.1. The van der Waals surface area contributed by atoms with Crippen LogP contribution >= 0.6 is 0 Å². The highest BCUT2D eigenvalue weighted by molar-refractivity contribution is 5.88. The average molecular weight is 236 g/mol. The molecule has 0 fully saturated rings. The fourth-order valence-corrected chi connectivity index (χ4v) is 1.43. The Bertz CT molecular complexity index is 430. The van der Waals surface area contributed by atoms with Crippen LogP contribution in [-0.2, 0) is 4.79 Å². The molecule has 0 aliphatic carbocycles. The zero-order valence-corrected chi connectivity index (χ0v) is 9.91. The number of hydrogen-bond donors (Lipinski definition) is 3. The Hall–Kier alpha value is -2.04. The SMILES string of the molecule is CCNC(=O)CNc1ccc(C(=O)O)cc1C. The van der Waals surface area contributed by atoms with Gasteiger partial charge in [-0.3, -0.25) is 4.79 Å². The predicted octanol–water partition coefficient (Wildman–Crippen LogP) is 1.24. The quantitative estimate of drug-likeness (QED) is 0.718. The highest BCUT2D eigenvalue weighted by Gasteiger charge is 2.06. The smallest absolute Gasteiger partial charge is 0.335 e. The third-order valence-corrected chi connectivity index (χ3v) is 2.29. The number of likely N-dealkylation sites (N-methyl/N-ethyl adjacent to an activating group) is 1. The van der Waals surface area contributed by atoms with E-state index in [1.54, 1.807) is 19.1 Å². The average Bonchev–Trinajstić information content (AvgIpc) is 2.27. The second-order valence-electron chi connectivity index (χ2n) is 3.64. The standard InChI is InChI=1S/C12H16N2O3/c1-3-13-11(15)7-14-10-5-4-9(12(16)17)6-8(10)2/h4-6,14H,3,7H2,1-2H3,(H,13,15)(H,16,17). The number of hydrogen-bond acceptors (Lipinski definition) is 3. The van der Waals surface area contributed by atoms with Crippen LogP contribution in [0.25, 0.3) is 0 Å². The molecule has 0 unspecified atom stereocenters. The van der Waals surface area contributed by atoms with Crippen LogP contribution in [0.4, 0.5) is 5.69 Å². The van der Waals surface area contributed by atoms with Crippen molar-refractivity contribution in [2.24, 2.45) is 0 Å². The maximum absolute atomic E-state index is 11.2. The number of aryl methyl sites for hydroxylation is 1. The van der Waals surface area contributed by atoms with Gasteiger partial charge in [0.2, 0.25) is 5.91 Å². The van der Waals surface area contributed by atoms with E-state index in [9.17, 15) is 9.59 Å². The highest BCUT2D eigenvalue weighted by Crippen LogP contribution is 2.16. The lowest BCUT2D eigenvalue weighted by Crippen LogP contribution is -2.29. The number of carbonyl (C=O) groups is 2. The summed E-state index contributed by atoms with van der Waals surface area (Å²) in [5, 5.41) is 14.4. The third kappa shape index (κ3) is 3.79. The Morgan fingerprint density at radius 3 is 2.59 bits per heavy atom. The first-order valence-electron chi connectivity index (χ1n) is 5.39. The summed E-state index contributed by atoms with van der Waals surface area (Å²) >= 11 is 0. The predicted molar refractivity (Wildman–Crippen MR) is 65.3 cm³/mol. The monoisotopic (exact) mass is 236 g/mol. The number of carbonyl (C=O) groups excluding carboxylic acids is 1. The van der Waals surface area contributed by atoms with E-state index in [1.807, 2.05) is 6.92 Å². The summed E-state index contributed by atoms with van der Waals surface area (Å²) in [5.74, 6) is -1.04.